The highest BCUT2D eigenvalue weighted by atomic mass is 32.2. The summed E-state index contributed by atoms with van der Waals surface area (Å²) in [5.41, 5.74) is 5.16. The Morgan fingerprint density at radius 3 is 1.51 bits per heavy atom. The summed E-state index contributed by atoms with van der Waals surface area (Å²) < 4.78 is 72.1. The molecular weight excluding hydrogens is 1410 g/mol. The standard InChI is InChI=1S/C42H48N8O7S.C35H45N5O8S/c51-37-12-11-36(40(53)45-37)49-26-29-22-27(8-10-35(29)41(49)54)25-47-18-16-32(17-19-47)57-33-6-3-7-34(23-33)58(55,56)48-20-14-30(15-21-48)44-42-43-24-28-9-13-38(52)50(39(28)46-42)31-4-1-2-5-31;1-35(2,3)40(34(44)45)25-11-17-38(18-12-25)49(46,47)28-6-4-5-27(20-28)48-26-13-15-37(16-14-26)21-23-7-8-29-24(19-23)22-39(33(29)43)30-9-10-31(41)36-32(30)42/h3,6-10,13,22-24,30-32,36H,1-2,4-5,11-12,14-21,25-26H2,(H,43,44,46)(H,45,51,53);4-8,19-20,25-26,30H,9-18,21-22H2,1-3H3,(H,44,45)(H,36,41,42). The van der Waals surface area contributed by atoms with Crippen molar-refractivity contribution in [3.8, 4) is 11.5 Å². The Labute approximate surface area is 622 Å². The minimum atomic E-state index is -3.77. The van der Waals surface area contributed by atoms with Gasteiger partial charge in [-0.3, -0.25) is 58.6 Å². The number of likely N-dealkylation sites (tertiary alicyclic amines) is 2. The molecule has 1 aliphatic carbocycles. The number of nitrogens with one attached hydrogen (secondary N) is 3. The molecule has 107 heavy (non-hydrogen) atoms. The maximum absolute atomic E-state index is 13.8. The second kappa shape index (κ2) is 31.2. The number of nitrogens with zero attached hydrogens (tertiary/aromatic N) is 10. The second-order valence-corrected chi connectivity index (χ2v) is 34.5. The molecule has 2 unspecified atom stereocenters. The van der Waals surface area contributed by atoms with E-state index in [-0.39, 0.29) is 95.2 Å². The van der Waals surface area contributed by atoms with Crippen molar-refractivity contribution in [1.29, 1.82) is 0 Å². The zero-order chi connectivity index (χ0) is 75.1. The van der Waals surface area contributed by atoms with Crippen LogP contribution in [0.25, 0.3) is 11.0 Å². The van der Waals surface area contributed by atoms with E-state index in [1.807, 2.05) is 61.7 Å². The van der Waals surface area contributed by atoms with Gasteiger partial charge >= 0.3 is 6.09 Å². The van der Waals surface area contributed by atoms with Crippen molar-refractivity contribution in [3.05, 3.63) is 147 Å². The highest BCUT2D eigenvalue weighted by Gasteiger charge is 2.43. The summed E-state index contributed by atoms with van der Waals surface area (Å²) in [5, 5.41) is 18.7. The fourth-order valence-corrected chi connectivity index (χ4v) is 19.8. The molecule has 2 atom stereocenters. The van der Waals surface area contributed by atoms with Gasteiger partial charge in [0, 0.05) is 156 Å². The molecule has 7 fully saturated rings. The average Bonchev–Trinajstić information content (AvgIpc) is 1.77. The molecule has 10 heterocycles. The van der Waals surface area contributed by atoms with Gasteiger partial charge < -0.3 is 34.6 Å². The number of ether oxygens (including phenoxy) is 2. The Balaban J connectivity index is 0.000000182. The van der Waals surface area contributed by atoms with Crippen molar-refractivity contribution in [2.75, 3.05) is 57.7 Å². The van der Waals surface area contributed by atoms with Gasteiger partial charge in [0.1, 0.15) is 41.4 Å². The lowest BCUT2D eigenvalue weighted by molar-refractivity contribution is -0.138. The first-order valence-corrected chi connectivity index (χ1v) is 40.4. The summed E-state index contributed by atoms with van der Waals surface area (Å²) >= 11 is 0. The van der Waals surface area contributed by atoms with Crippen LogP contribution in [0.1, 0.15) is 173 Å². The van der Waals surface area contributed by atoms with E-state index >= 15 is 0 Å². The average molecular weight is 1500 g/mol. The first-order chi connectivity index (χ1) is 51.3. The molecule has 2 aromatic heterocycles. The second-order valence-electron chi connectivity index (χ2n) is 30.7. The lowest BCUT2D eigenvalue weighted by atomic mass is 9.98. The highest BCUT2D eigenvalue weighted by molar-refractivity contribution is 7.89. The highest BCUT2D eigenvalue weighted by Crippen LogP contribution is 2.36. The topological polar surface area (TPSA) is 333 Å². The van der Waals surface area contributed by atoms with Crippen molar-refractivity contribution in [1.82, 2.24) is 58.3 Å². The molecule has 4 N–H and O–H groups in total. The number of amides is 7. The van der Waals surface area contributed by atoms with Gasteiger partial charge in [-0.25, -0.2) is 26.6 Å². The van der Waals surface area contributed by atoms with Crippen LogP contribution in [0.2, 0.25) is 0 Å². The van der Waals surface area contributed by atoms with Crippen LogP contribution in [0, 0.1) is 0 Å². The van der Waals surface area contributed by atoms with E-state index in [1.54, 1.807) is 76.7 Å². The number of piperidine rings is 6. The van der Waals surface area contributed by atoms with Gasteiger partial charge in [0.15, 0.2) is 0 Å². The van der Waals surface area contributed by atoms with Gasteiger partial charge in [-0.15, -0.1) is 0 Å². The van der Waals surface area contributed by atoms with E-state index < -0.39 is 55.6 Å². The molecular formula is C77H93N13O15S2. The predicted molar refractivity (Wildman–Crippen MR) is 394 cm³/mol. The Kier molecular flexibility index (Phi) is 21.8. The van der Waals surface area contributed by atoms with Crippen LogP contribution in [0.15, 0.2) is 118 Å². The SMILES string of the molecule is CC(C)(C)N(C(=O)O)C1CCN(S(=O)(=O)c2cccc(OC3CCN(Cc4ccc5c(c4)CN(C4CCC(=O)NC4=O)C5=O)CC3)c2)CC1.O=C1CCC(N2Cc3cc(CN4CCC(Oc5cccc(S(=O)(=O)N6CCC(Nc7ncc8ccc(=O)n(C9CCCC9)c8n7)CC6)c5)CC4)ccc3C2=O)C(=O)N1. The molecule has 0 bridgehead atoms. The summed E-state index contributed by atoms with van der Waals surface area (Å²) in [5.74, 6) is -0.315. The number of rotatable bonds is 18. The van der Waals surface area contributed by atoms with Crippen LogP contribution in [0.5, 0.6) is 11.5 Å². The maximum Gasteiger partial charge on any atom is 0.407 e. The molecule has 4 aromatic carbocycles. The Morgan fingerprint density at radius 2 is 1.06 bits per heavy atom. The van der Waals surface area contributed by atoms with Crippen LogP contribution >= 0.6 is 0 Å². The third-order valence-corrected chi connectivity index (χ3v) is 26.2. The normalized spacial score (nSPS) is 21.8. The molecule has 6 aromatic rings. The minimum Gasteiger partial charge on any atom is -0.490 e. The predicted octanol–water partition coefficient (Wildman–Crippen LogP) is 7.40. The van der Waals surface area contributed by atoms with E-state index in [1.165, 1.54) is 13.5 Å². The Bertz CT molecular complexity index is 4720. The number of hydrogen-bond acceptors (Lipinski definition) is 19. The molecule has 15 rings (SSSR count). The number of benzene rings is 4. The van der Waals surface area contributed by atoms with E-state index in [2.05, 4.69) is 30.7 Å². The van der Waals surface area contributed by atoms with Crippen molar-refractivity contribution in [3.63, 3.8) is 0 Å². The van der Waals surface area contributed by atoms with Crippen LogP contribution in [0.3, 0.4) is 0 Å². The summed E-state index contributed by atoms with van der Waals surface area (Å²) in [6, 6.07) is 27.0. The lowest BCUT2D eigenvalue weighted by Crippen LogP contribution is -2.55. The third kappa shape index (κ3) is 16.5. The molecule has 28 nitrogen and oxygen atoms in total. The van der Waals surface area contributed by atoms with Crippen molar-refractivity contribution < 1.29 is 65.0 Å². The first-order valence-electron chi connectivity index (χ1n) is 37.5. The number of fused-ring (bicyclic) bond motifs is 3. The van der Waals surface area contributed by atoms with Gasteiger partial charge in [0.2, 0.25) is 49.6 Å². The molecule has 7 amide bonds. The van der Waals surface area contributed by atoms with Crippen LogP contribution in [-0.4, -0.2) is 205 Å². The number of imide groups is 2. The number of carboxylic acid groups (broad SMARTS) is 1. The molecule has 6 saturated heterocycles. The van der Waals surface area contributed by atoms with Crippen LogP contribution < -0.4 is 31.0 Å². The van der Waals surface area contributed by atoms with Crippen molar-refractivity contribution in [2.24, 2.45) is 0 Å². The minimum absolute atomic E-state index is 0.0120. The Morgan fingerprint density at radius 1 is 0.579 bits per heavy atom. The molecule has 568 valence electrons. The zero-order valence-corrected chi connectivity index (χ0v) is 62.2. The third-order valence-electron chi connectivity index (χ3n) is 22.4. The molecule has 1 saturated carbocycles. The van der Waals surface area contributed by atoms with Gasteiger partial charge in [-0.2, -0.15) is 13.6 Å². The molecule has 30 heteroatoms. The smallest absolute Gasteiger partial charge is 0.407 e. The van der Waals surface area contributed by atoms with Crippen molar-refractivity contribution in [2.45, 2.75) is 207 Å². The number of aromatic nitrogens is 3. The zero-order valence-electron chi connectivity index (χ0n) is 60.6. The number of carbonyl (C=O) groups is 7. The molecule has 9 aliphatic rings. The maximum atomic E-state index is 13.8. The Hall–Kier alpha value is -9.20. The van der Waals surface area contributed by atoms with Gasteiger partial charge in [-0.05, 0) is 163 Å². The van der Waals surface area contributed by atoms with E-state index in [4.69, 9.17) is 14.5 Å². The monoisotopic (exact) mass is 1500 g/mol. The van der Waals surface area contributed by atoms with Crippen LogP contribution in [-0.2, 0) is 65.4 Å². The number of hydrogen-bond donors (Lipinski definition) is 4. The first kappa shape index (κ1) is 74.6. The molecule has 0 spiro atoms. The summed E-state index contributed by atoms with van der Waals surface area (Å²) in [6.45, 7) is 12.0. The summed E-state index contributed by atoms with van der Waals surface area (Å²) in [7, 11) is -7.52. The number of anilines is 1. The molecule has 0 radical (unpaired) electrons. The quantitative estimate of drug-likeness (QED) is 0.0609. The molecule has 8 aliphatic heterocycles. The van der Waals surface area contributed by atoms with Crippen LogP contribution in [0.4, 0.5) is 10.7 Å². The number of pyridine rings is 1. The number of sulfonamides is 2. The fourth-order valence-electron chi connectivity index (χ4n) is 16.8. The number of carbonyl (C=O) groups excluding carboxylic acids is 6. The fraction of sp³-hybridized carbons (Fsp3) is 0.506. The van der Waals surface area contributed by atoms with Gasteiger partial charge in [-0.1, -0.05) is 49.2 Å². The van der Waals surface area contributed by atoms with E-state index in [0.29, 0.717) is 112 Å². The largest absolute Gasteiger partial charge is 0.490 e. The van der Waals surface area contributed by atoms with Gasteiger partial charge in [0.05, 0.1) is 9.79 Å². The van der Waals surface area contributed by atoms with Gasteiger partial charge in [0.25, 0.3) is 17.4 Å². The summed E-state index contributed by atoms with van der Waals surface area (Å²) in [4.78, 5) is 118. The van der Waals surface area contributed by atoms with E-state index in [0.717, 1.165) is 105 Å². The van der Waals surface area contributed by atoms with E-state index in [9.17, 15) is 60.3 Å². The summed E-state index contributed by atoms with van der Waals surface area (Å²) in [6.07, 6.45) is 11.0. The lowest BCUT2D eigenvalue weighted by Gasteiger charge is -2.43. The van der Waals surface area contributed by atoms with Crippen molar-refractivity contribution >= 4 is 78.6 Å².